The zero-order chi connectivity index (χ0) is 8.27. The molecule has 0 aromatic carbocycles. The average molecular weight is 612 g/mol. The average Bonchev–Trinajstić information content (AvgIpc) is 2.04. The molecule has 2 radical (unpaired) electrons. The summed E-state index contributed by atoms with van der Waals surface area (Å²) in [4.78, 5) is 11.1. The van der Waals surface area contributed by atoms with Crippen molar-refractivity contribution in [3.63, 3.8) is 0 Å². The second kappa shape index (κ2) is 9.68. The summed E-state index contributed by atoms with van der Waals surface area (Å²) in [6, 6.07) is 0. The molecule has 0 bridgehead atoms. The van der Waals surface area contributed by atoms with Crippen LogP contribution in [-0.2, 0) is 4.79 Å². The first-order valence-electron chi connectivity index (χ1n) is 4.04. The normalized spacial score (nSPS) is 27.4. The minimum Gasteiger partial charge on any atom is -0.396 e. The van der Waals surface area contributed by atoms with E-state index in [2.05, 4.69) is 0 Å². The Morgan fingerprint density at radius 3 is 2.23 bits per heavy atom. The number of hydrogen-bond acceptors (Lipinski definition) is 3. The number of rotatable bonds is 2. The molecule has 1 fully saturated rings. The van der Waals surface area contributed by atoms with Crippen molar-refractivity contribution in [3.8, 4) is 0 Å². The molecule has 1 aliphatic carbocycles. The van der Waals surface area contributed by atoms with E-state index in [1.165, 1.54) is 0 Å². The fraction of sp³-hybridized carbons (Fsp3) is 0.875. The van der Waals surface area contributed by atoms with Gasteiger partial charge in [0.2, 0.25) is 0 Å². The summed E-state index contributed by atoms with van der Waals surface area (Å²) in [6.45, 7) is -0.0823. The van der Waals surface area contributed by atoms with Gasteiger partial charge in [-0.15, -0.1) is 0 Å². The molecule has 0 aliphatic heterocycles. The van der Waals surface area contributed by atoms with E-state index in [9.17, 15) is 4.79 Å². The van der Waals surface area contributed by atoms with Gasteiger partial charge in [-0.3, -0.25) is 4.79 Å². The number of carbonyl (C=O) groups is 1. The minimum absolute atomic E-state index is 0. The molecule has 0 amide bonds. The van der Waals surface area contributed by atoms with Crippen LogP contribution in [0.25, 0.3) is 0 Å². The van der Waals surface area contributed by atoms with Crippen LogP contribution in [0.3, 0.4) is 0 Å². The summed E-state index contributed by atoms with van der Waals surface area (Å²) in [5.41, 5.74) is 0. The number of aliphatic hydroxyl groups excluding tert-OH is 2. The smallest absolute Gasteiger partial charge is 0.138 e. The van der Waals surface area contributed by atoms with Crippen molar-refractivity contribution in [1.29, 1.82) is 0 Å². The third kappa shape index (κ3) is 5.37. The molecule has 0 aromatic heterocycles. The van der Waals surface area contributed by atoms with Gasteiger partial charge in [0.25, 0.3) is 0 Å². The number of aliphatic hydroxyl groups is 2. The maximum absolute atomic E-state index is 11.1. The van der Waals surface area contributed by atoms with Gasteiger partial charge >= 0.3 is 0 Å². The van der Waals surface area contributed by atoms with Crippen LogP contribution < -0.4 is 0 Å². The van der Waals surface area contributed by atoms with Crippen LogP contribution in [0.1, 0.15) is 19.3 Å². The van der Waals surface area contributed by atoms with Crippen LogP contribution >= 0.6 is 0 Å². The Morgan fingerprint density at radius 2 is 1.85 bits per heavy atom. The zero-order valence-electron chi connectivity index (χ0n) is 7.65. The third-order valence-corrected chi connectivity index (χ3v) is 2.41. The fourth-order valence-electron chi connectivity index (χ4n) is 1.66. The number of ketones is 1. The summed E-state index contributed by atoms with van der Waals surface area (Å²) in [5, 5.41) is 17.7. The molecule has 0 spiro atoms. The van der Waals surface area contributed by atoms with E-state index < -0.39 is 0 Å². The summed E-state index contributed by atoms with van der Waals surface area (Å²) >= 11 is 0. The Bertz CT molecular complexity index is 152. The Kier molecular flexibility index (Phi) is 13.3. The van der Waals surface area contributed by atoms with Gasteiger partial charge in [0.05, 0.1) is 6.61 Å². The van der Waals surface area contributed by atoms with Gasteiger partial charge in [-0.2, -0.15) is 0 Å². The van der Waals surface area contributed by atoms with E-state index >= 15 is 0 Å². The molecular formula is C8H14Ac2O3. The molecule has 13 heavy (non-hydrogen) atoms. The van der Waals surface area contributed by atoms with Crippen LogP contribution in [-0.4, -0.2) is 29.2 Å². The molecule has 3 nitrogen and oxygen atoms in total. The molecule has 0 saturated heterocycles. The summed E-state index contributed by atoms with van der Waals surface area (Å²) in [6.07, 6.45) is 2.30. The van der Waals surface area contributed by atoms with Crippen molar-refractivity contribution in [2.45, 2.75) is 19.3 Å². The monoisotopic (exact) mass is 612 g/mol. The zero-order valence-corrected chi connectivity index (χ0v) is 17.1. The first-order valence-corrected chi connectivity index (χ1v) is 4.04. The largest absolute Gasteiger partial charge is 0.396 e. The quantitative estimate of drug-likeness (QED) is 0.461. The van der Waals surface area contributed by atoms with Gasteiger partial charge < -0.3 is 10.2 Å². The van der Waals surface area contributed by atoms with Crippen molar-refractivity contribution in [1.82, 2.24) is 0 Å². The number of hydrogen-bond donors (Lipinski definition) is 2. The second-order valence-electron chi connectivity index (χ2n) is 3.09. The third-order valence-electron chi connectivity index (χ3n) is 2.41. The molecule has 2 atom stereocenters. The molecule has 5 heteroatoms. The van der Waals surface area contributed by atoms with E-state index in [4.69, 9.17) is 10.2 Å². The summed E-state index contributed by atoms with van der Waals surface area (Å²) < 4.78 is 0. The van der Waals surface area contributed by atoms with Crippen molar-refractivity contribution >= 4 is 5.78 Å². The first kappa shape index (κ1) is 17.9. The Balaban J connectivity index is 0. The van der Waals surface area contributed by atoms with E-state index in [1.54, 1.807) is 0 Å². The molecular weight excluding hydrogens is 598 g/mol. The van der Waals surface area contributed by atoms with E-state index in [0.717, 1.165) is 12.8 Å². The van der Waals surface area contributed by atoms with Crippen molar-refractivity contribution in [2.24, 2.45) is 11.8 Å². The van der Waals surface area contributed by atoms with Crippen molar-refractivity contribution in [2.75, 3.05) is 13.2 Å². The number of Topliss-reactive ketones (excluding diaryl/α,β-unsaturated/α-hetero) is 1. The minimum atomic E-state index is -0.297. The topological polar surface area (TPSA) is 57.5 Å². The van der Waals surface area contributed by atoms with Crippen LogP contribution in [0, 0.1) is 100.0 Å². The van der Waals surface area contributed by atoms with Gasteiger partial charge in [0, 0.05) is 107 Å². The summed E-state index contributed by atoms with van der Waals surface area (Å²) in [5.74, 6) is -0.187. The first-order chi connectivity index (χ1) is 5.29. The van der Waals surface area contributed by atoms with Crippen LogP contribution in [0.5, 0.6) is 0 Å². The Morgan fingerprint density at radius 1 is 1.23 bits per heavy atom. The molecule has 70 valence electrons. The van der Waals surface area contributed by atoms with Gasteiger partial charge in [-0.05, 0) is 18.8 Å². The maximum Gasteiger partial charge on any atom is 0.138 e. The predicted molar refractivity (Wildman–Crippen MR) is 40.0 cm³/mol. The fourth-order valence-corrected chi connectivity index (χ4v) is 1.66. The number of carbonyl (C=O) groups excluding carboxylic acids is 1. The SMILES string of the molecule is O=C1CCCC(CO)C1CO.[Ac].[Ac]. The van der Waals surface area contributed by atoms with Gasteiger partial charge in [-0.25, -0.2) is 0 Å². The Labute approximate surface area is 150 Å². The van der Waals surface area contributed by atoms with Crippen LogP contribution in [0.15, 0.2) is 0 Å². The molecule has 2 N–H and O–H groups in total. The standard InChI is InChI=1S/C8H14O3.2Ac/c9-4-6-2-1-3-8(11)7(6)5-10;;/h6-7,9-10H,1-5H2;;. The van der Waals surface area contributed by atoms with Crippen molar-refractivity contribution < 1.29 is 103 Å². The van der Waals surface area contributed by atoms with Crippen LogP contribution in [0.2, 0.25) is 0 Å². The molecule has 1 aliphatic rings. The summed E-state index contributed by atoms with van der Waals surface area (Å²) in [7, 11) is 0. The van der Waals surface area contributed by atoms with Crippen LogP contribution in [0.4, 0.5) is 0 Å². The maximum atomic E-state index is 11.1. The van der Waals surface area contributed by atoms with Gasteiger partial charge in [0.1, 0.15) is 5.78 Å². The van der Waals surface area contributed by atoms with Gasteiger partial charge in [-0.1, -0.05) is 0 Å². The van der Waals surface area contributed by atoms with E-state index in [0.29, 0.717) is 6.42 Å². The molecule has 1 saturated carbocycles. The predicted octanol–water partition coefficient (Wildman–Crippen LogP) is -0.0436. The van der Waals surface area contributed by atoms with Gasteiger partial charge in [0.15, 0.2) is 0 Å². The van der Waals surface area contributed by atoms with E-state index in [1.807, 2.05) is 0 Å². The second-order valence-corrected chi connectivity index (χ2v) is 3.09. The van der Waals surface area contributed by atoms with E-state index in [-0.39, 0.29) is 119 Å². The molecule has 2 unspecified atom stereocenters. The Hall–Kier alpha value is 2.47. The molecule has 0 heterocycles. The molecule has 0 aromatic rings. The van der Waals surface area contributed by atoms with Crippen molar-refractivity contribution in [3.05, 3.63) is 0 Å². The molecule has 1 rings (SSSR count).